The fourth-order valence-corrected chi connectivity index (χ4v) is 1.55. The minimum atomic E-state index is -1.57. The number of rotatable bonds is 14. The molecule has 2 N–H and O–H groups in total. The molecule has 0 aliphatic heterocycles. The Balaban J connectivity index is -0.000000404. The largest absolute Gasteiger partial charge is 0.382 e. The van der Waals surface area contributed by atoms with Gasteiger partial charge in [0.1, 0.15) is 35.3 Å². The van der Waals surface area contributed by atoms with E-state index in [2.05, 4.69) is 0 Å². The normalized spacial score (nSPS) is 11.6. The van der Waals surface area contributed by atoms with Gasteiger partial charge < -0.3 is 19.7 Å². The quantitative estimate of drug-likeness (QED) is 0.281. The first-order chi connectivity index (χ1) is 14.2. The highest BCUT2D eigenvalue weighted by Crippen LogP contribution is 1.95. The van der Waals surface area contributed by atoms with Gasteiger partial charge in [0, 0.05) is 12.8 Å². The molecule has 0 fully saturated rings. The molecule has 0 spiro atoms. The lowest BCUT2D eigenvalue weighted by molar-refractivity contribution is -0.140. The van der Waals surface area contributed by atoms with Crippen LogP contribution >= 0.6 is 0 Å². The molecular weight excluding hydrogens is 412 g/mol. The molecule has 0 aliphatic rings. The van der Waals surface area contributed by atoms with Crippen LogP contribution in [0.2, 0.25) is 0 Å². The van der Waals surface area contributed by atoms with Crippen molar-refractivity contribution < 1.29 is 48.5 Å². The van der Waals surface area contributed by atoms with Crippen LogP contribution in [0, 0.1) is 0 Å². The van der Waals surface area contributed by atoms with Crippen LogP contribution in [0.15, 0.2) is 0 Å². The summed E-state index contributed by atoms with van der Waals surface area (Å²) in [6.07, 6.45) is -2.16. The predicted molar refractivity (Wildman–Crippen MR) is 112 cm³/mol. The molecule has 0 aromatic carbocycles. The summed E-state index contributed by atoms with van der Waals surface area (Å²) in [4.78, 5) is 61.7. The smallest absolute Gasteiger partial charge is 0.161 e. The van der Waals surface area contributed by atoms with Crippen molar-refractivity contribution in [3.63, 3.8) is 0 Å². The van der Waals surface area contributed by atoms with Gasteiger partial charge >= 0.3 is 0 Å². The summed E-state index contributed by atoms with van der Waals surface area (Å²) in [5, 5.41) is 17.5. The van der Waals surface area contributed by atoms with Gasteiger partial charge in [0.15, 0.2) is 11.6 Å². The van der Waals surface area contributed by atoms with Crippen LogP contribution in [-0.4, -0.2) is 83.5 Å². The van der Waals surface area contributed by atoms with Crippen LogP contribution in [0.1, 0.15) is 60.8 Å². The van der Waals surface area contributed by atoms with Gasteiger partial charge in [-0.3, -0.25) is 28.8 Å². The van der Waals surface area contributed by atoms with E-state index in [9.17, 15) is 28.8 Å². The molecule has 0 radical (unpaired) electrons. The monoisotopic (exact) mass is 448 g/mol. The number of ether oxygens (including phenoxy) is 2. The number of hydrogen-bond donors (Lipinski definition) is 2. The van der Waals surface area contributed by atoms with Crippen molar-refractivity contribution in [2.75, 3.05) is 26.4 Å². The minimum Gasteiger partial charge on any atom is -0.382 e. The van der Waals surface area contributed by atoms with Crippen LogP contribution < -0.4 is 0 Å². The summed E-state index contributed by atoms with van der Waals surface area (Å²) in [6, 6.07) is 0. The highest BCUT2D eigenvalue weighted by molar-refractivity contribution is 5.96. The maximum atomic E-state index is 10.5. The van der Waals surface area contributed by atoms with Gasteiger partial charge in [-0.1, -0.05) is 0 Å². The van der Waals surface area contributed by atoms with E-state index in [0.717, 1.165) is 13.8 Å². The summed E-state index contributed by atoms with van der Waals surface area (Å²) < 4.78 is 10.2. The molecule has 31 heavy (non-hydrogen) atoms. The number of aliphatic hydroxyl groups is 2. The Labute approximate surface area is 183 Å². The minimum absolute atomic E-state index is 0.0625. The third-order valence-corrected chi connectivity index (χ3v) is 3.20. The molecule has 0 bridgehead atoms. The van der Waals surface area contributed by atoms with E-state index in [1.54, 1.807) is 0 Å². The zero-order valence-corrected chi connectivity index (χ0v) is 19.3. The van der Waals surface area contributed by atoms with E-state index in [4.69, 9.17) is 19.7 Å². The molecule has 0 heterocycles. The second kappa shape index (κ2) is 21.1. The number of carbonyl (C=O) groups excluding carboxylic acids is 6. The number of hydrogen-bond acceptors (Lipinski definition) is 10. The lowest BCUT2D eigenvalue weighted by atomic mass is 10.1. The number of carbonyl (C=O) groups is 6. The SMILES string of the molecule is CC(=O)C(O)C(O)C(C)=O.CC(=O)CC(C)=O.CC(=O)CCOCCOCCC(C)=O. The van der Waals surface area contributed by atoms with Crippen molar-refractivity contribution >= 4 is 34.7 Å². The summed E-state index contributed by atoms with van der Waals surface area (Å²) in [7, 11) is 0. The standard InChI is InChI=1S/C10H18O4.C6H10O4.C5H8O2/c1-9(11)3-5-13-7-8-14-6-4-10(2)12;1-3(7)5(9)6(10)4(2)8;1-4(6)3-5(2)7/h3-8H2,1-2H3;5-6,9-10H,1-2H3;3H2,1-2H3. The van der Waals surface area contributed by atoms with Crippen molar-refractivity contribution in [3.05, 3.63) is 0 Å². The highest BCUT2D eigenvalue weighted by atomic mass is 16.5. The van der Waals surface area contributed by atoms with Crippen LogP contribution in [0.4, 0.5) is 0 Å². The van der Waals surface area contributed by atoms with E-state index in [1.807, 2.05) is 0 Å². The van der Waals surface area contributed by atoms with Crippen molar-refractivity contribution in [1.29, 1.82) is 0 Å². The highest BCUT2D eigenvalue weighted by Gasteiger charge is 2.23. The van der Waals surface area contributed by atoms with Crippen LogP contribution in [0.5, 0.6) is 0 Å². The average Bonchev–Trinajstić information content (AvgIpc) is 2.61. The Hall–Kier alpha value is -2.14. The van der Waals surface area contributed by atoms with Gasteiger partial charge in [0.05, 0.1) is 32.8 Å². The van der Waals surface area contributed by atoms with Crippen molar-refractivity contribution in [3.8, 4) is 0 Å². The molecule has 0 saturated carbocycles. The van der Waals surface area contributed by atoms with Crippen LogP contribution in [0.3, 0.4) is 0 Å². The van der Waals surface area contributed by atoms with Gasteiger partial charge in [-0.2, -0.15) is 0 Å². The third kappa shape index (κ3) is 30.1. The molecule has 180 valence electrons. The molecule has 2 unspecified atom stereocenters. The molecule has 0 aromatic heterocycles. The third-order valence-electron chi connectivity index (χ3n) is 3.20. The fourth-order valence-electron chi connectivity index (χ4n) is 1.55. The Morgan fingerprint density at radius 1 is 0.548 bits per heavy atom. The maximum Gasteiger partial charge on any atom is 0.161 e. The van der Waals surface area contributed by atoms with Crippen LogP contribution in [0.25, 0.3) is 0 Å². The topological polar surface area (TPSA) is 161 Å². The Morgan fingerprint density at radius 3 is 1.00 bits per heavy atom. The number of Topliss-reactive ketones (excluding diaryl/α,β-unsaturated/α-hetero) is 6. The number of ketones is 6. The van der Waals surface area contributed by atoms with Gasteiger partial charge in [0.2, 0.25) is 0 Å². The molecule has 0 aromatic rings. The second-order valence-corrected chi connectivity index (χ2v) is 6.82. The molecule has 2 atom stereocenters. The number of aliphatic hydroxyl groups excluding tert-OH is 2. The van der Waals surface area contributed by atoms with Gasteiger partial charge in [-0.25, -0.2) is 0 Å². The van der Waals surface area contributed by atoms with Crippen LogP contribution in [-0.2, 0) is 38.2 Å². The van der Waals surface area contributed by atoms with E-state index < -0.39 is 23.8 Å². The first-order valence-electron chi connectivity index (χ1n) is 9.72. The second-order valence-electron chi connectivity index (χ2n) is 6.82. The van der Waals surface area contributed by atoms with E-state index in [1.165, 1.54) is 27.7 Å². The fraction of sp³-hybridized carbons (Fsp3) is 0.714. The average molecular weight is 449 g/mol. The van der Waals surface area contributed by atoms with Crippen molar-refractivity contribution in [2.24, 2.45) is 0 Å². The first kappa shape index (κ1) is 33.5. The lowest BCUT2D eigenvalue weighted by Gasteiger charge is -2.10. The Kier molecular flexibility index (Phi) is 22.8. The van der Waals surface area contributed by atoms with Gasteiger partial charge in [-0.05, 0) is 41.5 Å². The van der Waals surface area contributed by atoms with E-state index >= 15 is 0 Å². The van der Waals surface area contributed by atoms with Gasteiger partial charge in [-0.15, -0.1) is 0 Å². The maximum absolute atomic E-state index is 10.5. The lowest BCUT2D eigenvalue weighted by Crippen LogP contribution is -2.37. The van der Waals surface area contributed by atoms with Crippen molar-refractivity contribution in [2.45, 2.75) is 73.0 Å². The molecule has 10 heteroatoms. The summed E-state index contributed by atoms with van der Waals surface area (Å²) in [5.74, 6) is -1.09. The zero-order valence-electron chi connectivity index (χ0n) is 19.3. The molecule has 0 amide bonds. The summed E-state index contributed by atoms with van der Waals surface area (Å²) in [6.45, 7) is 9.95. The molecule has 0 aliphatic carbocycles. The van der Waals surface area contributed by atoms with Crippen molar-refractivity contribution in [1.82, 2.24) is 0 Å². The van der Waals surface area contributed by atoms with Gasteiger partial charge in [0.25, 0.3) is 0 Å². The molecule has 10 nitrogen and oxygen atoms in total. The summed E-state index contributed by atoms with van der Waals surface area (Å²) in [5.41, 5.74) is 0. The Morgan fingerprint density at radius 2 is 0.839 bits per heavy atom. The predicted octanol–water partition coefficient (Wildman–Crippen LogP) is 0.419. The zero-order chi connectivity index (χ0) is 25.0. The molecule has 0 rings (SSSR count). The van der Waals surface area contributed by atoms with E-state index in [0.29, 0.717) is 39.3 Å². The van der Waals surface area contributed by atoms with E-state index in [-0.39, 0.29) is 29.6 Å². The molecule has 0 saturated heterocycles. The first-order valence-corrected chi connectivity index (χ1v) is 9.72. The summed E-state index contributed by atoms with van der Waals surface area (Å²) >= 11 is 0. The molecular formula is C21H36O10. The Bertz CT molecular complexity index is 533.